The Bertz CT molecular complexity index is 1350. The maximum Gasteiger partial charge on any atom is 0.254 e. The third kappa shape index (κ3) is 4.54. The van der Waals surface area contributed by atoms with Crippen LogP contribution in [0.1, 0.15) is 46.1 Å². The number of imidazole rings is 1. The molecule has 1 fully saturated rings. The Morgan fingerprint density at radius 1 is 1.06 bits per heavy atom. The molecule has 1 unspecified atom stereocenters. The van der Waals surface area contributed by atoms with Crippen LogP contribution in [-0.4, -0.2) is 41.0 Å². The molecule has 7 nitrogen and oxygen atoms in total. The maximum absolute atomic E-state index is 13.4. The van der Waals surface area contributed by atoms with Gasteiger partial charge in [-0.2, -0.15) is 0 Å². The number of hydrogen-bond acceptors (Lipinski definition) is 5. The summed E-state index contributed by atoms with van der Waals surface area (Å²) < 4.78 is 18.9. The fourth-order valence-corrected chi connectivity index (χ4v) is 4.72. The van der Waals surface area contributed by atoms with Crippen LogP contribution in [0, 0.1) is 6.92 Å². The number of amides is 1. The summed E-state index contributed by atoms with van der Waals surface area (Å²) >= 11 is 0. The first-order chi connectivity index (χ1) is 17.1. The van der Waals surface area contributed by atoms with Crippen LogP contribution in [0.5, 0.6) is 17.2 Å². The Balaban J connectivity index is 1.28. The SMILES string of the molecule is COc1ccc(C2CCCN2C(=O)c2ccc(OCc3cn4cccc(C)c4n3)cc2)c(OC)c1. The second-order valence-electron chi connectivity index (χ2n) is 8.73. The normalized spacial score (nSPS) is 15.4. The molecular weight excluding hydrogens is 442 g/mol. The summed E-state index contributed by atoms with van der Waals surface area (Å²) in [6, 6.07) is 17.1. The second kappa shape index (κ2) is 9.70. The van der Waals surface area contributed by atoms with Crippen molar-refractivity contribution in [3.63, 3.8) is 0 Å². The van der Waals surface area contributed by atoms with Crippen LogP contribution in [0.4, 0.5) is 0 Å². The van der Waals surface area contributed by atoms with Gasteiger partial charge in [0.15, 0.2) is 0 Å². The third-order valence-electron chi connectivity index (χ3n) is 6.53. The molecule has 3 heterocycles. The van der Waals surface area contributed by atoms with Crippen molar-refractivity contribution in [2.24, 2.45) is 0 Å². The molecule has 180 valence electrons. The Hall–Kier alpha value is -4.00. The van der Waals surface area contributed by atoms with Gasteiger partial charge in [-0.25, -0.2) is 4.98 Å². The lowest BCUT2D eigenvalue weighted by Crippen LogP contribution is -2.30. The fraction of sp³-hybridized carbons (Fsp3) is 0.286. The van der Waals surface area contributed by atoms with Crippen molar-refractivity contribution in [1.29, 1.82) is 0 Å². The number of rotatable bonds is 7. The Morgan fingerprint density at radius 3 is 2.60 bits per heavy atom. The molecule has 2 aromatic heterocycles. The molecule has 4 aromatic rings. The second-order valence-corrected chi connectivity index (χ2v) is 8.73. The van der Waals surface area contributed by atoms with Crippen LogP contribution >= 0.6 is 0 Å². The average Bonchev–Trinajstić information content (AvgIpc) is 3.55. The van der Waals surface area contributed by atoms with Gasteiger partial charge in [0, 0.05) is 36.1 Å². The number of hydrogen-bond donors (Lipinski definition) is 0. The first-order valence-corrected chi connectivity index (χ1v) is 11.8. The number of benzene rings is 2. The highest BCUT2D eigenvalue weighted by molar-refractivity contribution is 5.94. The monoisotopic (exact) mass is 471 g/mol. The van der Waals surface area contributed by atoms with E-state index in [-0.39, 0.29) is 11.9 Å². The highest BCUT2D eigenvalue weighted by Crippen LogP contribution is 2.39. The molecule has 0 bridgehead atoms. The lowest BCUT2D eigenvalue weighted by molar-refractivity contribution is 0.0734. The highest BCUT2D eigenvalue weighted by atomic mass is 16.5. The zero-order chi connectivity index (χ0) is 24.4. The summed E-state index contributed by atoms with van der Waals surface area (Å²) in [6.45, 7) is 3.11. The minimum Gasteiger partial charge on any atom is -0.497 e. The van der Waals surface area contributed by atoms with E-state index in [2.05, 4.69) is 4.98 Å². The van der Waals surface area contributed by atoms with Gasteiger partial charge in [0.1, 0.15) is 29.5 Å². The lowest BCUT2D eigenvalue weighted by Gasteiger charge is -2.26. The predicted octanol–water partition coefficient (Wildman–Crippen LogP) is 5.22. The van der Waals surface area contributed by atoms with E-state index in [4.69, 9.17) is 14.2 Å². The van der Waals surface area contributed by atoms with Crippen LogP contribution in [-0.2, 0) is 6.61 Å². The quantitative estimate of drug-likeness (QED) is 0.370. The van der Waals surface area contributed by atoms with E-state index in [1.807, 2.05) is 83.2 Å². The van der Waals surface area contributed by atoms with Crippen molar-refractivity contribution in [3.05, 3.63) is 89.4 Å². The summed E-state index contributed by atoms with van der Waals surface area (Å²) in [5.74, 6) is 2.17. The molecule has 1 aliphatic heterocycles. The van der Waals surface area contributed by atoms with Gasteiger partial charge in [-0.05, 0) is 67.8 Å². The van der Waals surface area contributed by atoms with Gasteiger partial charge in [0.05, 0.1) is 26.0 Å². The fourth-order valence-electron chi connectivity index (χ4n) is 4.72. The molecule has 0 N–H and O–H groups in total. The van der Waals surface area contributed by atoms with Crippen molar-refractivity contribution in [3.8, 4) is 17.2 Å². The molecular formula is C28H29N3O4. The van der Waals surface area contributed by atoms with E-state index in [1.165, 1.54) is 0 Å². The first kappa shape index (κ1) is 22.8. The standard InChI is InChI=1S/C28H29N3O4/c1-19-6-4-14-30-17-21(29-27(19)30)18-35-22-10-8-20(9-11-22)28(32)31-15-5-7-25(31)24-13-12-23(33-2)16-26(24)34-3/h4,6,8-14,16-17,25H,5,7,15,18H2,1-3H3. The largest absolute Gasteiger partial charge is 0.497 e. The molecule has 1 atom stereocenters. The number of ether oxygens (including phenoxy) is 3. The number of pyridine rings is 1. The van der Waals surface area contributed by atoms with Crippen LogP contribution in [0.15, 0.2) is 67.0 Å². The van der Waals surface area contributed by atoms with Gasteiger partial charge in [-0.1, -0.05) is 6.07 Å². The van der Waals surface area contributed by atoms with Crippen molar-refractivity contribution in [2.45, 2.75) is 32.4 Å². The molecule has 0 saturated carbocycles. The van der Waals surface area contributed by atoms with Crippen LogP contribution in [0.2, 0.25) is 0 Å². The van der Waals surface area contributed by atoms with Gasteiger partial charge in [0.2, 0.25) is 0 Å². The number of aryl methyl sites for hydroxylation is 1. The van der Waals surface area contributed by atoms with Gasteiger partial charge < -0.3 is 23.5 Å². The number of carbonyl (C=O) groups is 1. The Labute approximate surface area is 204 Å². The number of methoxy groups -OCH3 is 2. The van der Waals surface area contributed by atoms with Gasteiger partial charge >= 0.3 is 0 Å². The Morgan fingerprint density at radius 2 is 1.86 bits per heavy atom. The molecule has 5 rings (SSSR count). The lowest BCUT2D eigenvalue weighted by atomic mass is 10.0. The molecule has 0 aliphatic carbocycles. The van der Waals surface area contributed by atoms with Gasteiger partial charge in [-0.15, -0.1) is 0 Å². The number of fused-ring (bicyclic) bond motifs is 1. The van der Waals surface area contributed by atoms with Gasteiger partial charge in [0.25, 0.3) is 5.91 Å². The van der Waals surface area contributed by atoms with E-state index in [1.54, 1.807) is 14.2 Å². The average molecular weight is 472 g/mol. The zero-order valence-corrected chi connectivity index (χ0v) is 20.2. The number of aromatic nitrogens is 2. The minimum absolute atomic E-state index is 0.00717. The maximum atomic E-state index is 13.4. The van der Waals surface area contributed by atoms with Crippen molar-refractivity contribution in [2.75, 3.05) is 20.8 Å². The summed E-state index contributed by atoms with van der Waals surface area (Å²) in [6.07, 6.45) is 5.80. The van der Waals surface area contributed by atoms with Crippen molar-refractivity contribution in [1.82, 2.24) is 14.3 Å². The number of likely N-dealkylation sites (tertiary alicyclic amines) is 1. The molecule has 35 heavy (non-hydrogen) atoms. The predicted molar refractivity (Wildman–Crippen MR) is 133 cm³/mol. The van der Waals surface area contributed by atoms with Crippen molar-refractivity contribution < 1.29 is 19.0 Å². The van der Waals surface area contributed by atoms with Crippen LogP contribution in [0.3, 0.4) is 0 Å². The van der Waals surface area contributed by atoms with E-state index in [0.717, 1.165) is 46.8 Å². The third-order valence-corrected chi connectivity index (χ3v) is 6.53. The summed E-state index contributed by atoms with van der Waals surface area (Å²) in [5.41, 5.74) is 4.55. The minimum atomic E-state index is -0.0298. The molecule has 0 spiro atoms. The number of nitrogens with zero attached hydrogens (tertiary/aromatic N) is 3. The van der Waals surface area contributed by atoms with Crippen LogP contribution in [0.25, 0.3) is 5.65 Å². The summed E-state index contributed by atoms with van der Waals surface area (Å²) in [7, 11) is 3.27. The Kier molecular flexibility index (Phi) is 6.31. The topological polar surface area (TPSA) is 65.3 Å². The molecule has 2 aromatic carbocycles. The number of carbonyl (C=O) groups excluding carboxylic acids is 1. The summed E-state index contributed by atoms with van der Waals surface area (Å²) in [4.78, 5) is 20.0. The molecule has 1 aliphatic rings. The first-order valence-electron chi connectivity index (χ1n) is 11.8. The highest BCUT2D eigenvalue weighted by Gasteiger charge is 2.32. The molecule has 1 saturated heterocycles. The summed E-state index contributed by atoms with van der Waals surface area (Å²) in [5, 5.41) is 0. The van der Waals surface area contributed by atoms with E-state index < -0.39 is 0 Å². The smallest absolute Gasteiger partial charge is 0.254 e. The molecule has 0 radical (unpaired) electrons. The van der Waals surface area contributed by atoms with E-state index in [9.17, 15) is 4.79 Å². The van der Waals surface area contributed by atoms with E-state index in [0.29, 0.717) is 24.5 Å². The molecule has 7 heteroatoms. The van der Waals surface area contributed by atoms with Crippen LogP contribution < -0.4 is 14.2 Å². The van der Waals surface area contributed by atoms with E-state index >= 15 is 0 Å². The van der Waals surface area contributed by atoms with Crippen molar-refractivity contribution >= 4 is 11.6 Å². The zero-order valence-electron chi connectivity index (χ0n) is 20.2. The molecule has 1 amide bonds. The van der Waals surface area contributed by atoms with Gasteiger partial charge in [-0.3, -0.25) is 4.79 Å².